The van der Waals surface area contributed by atoms with Crippen molar-refractivity contribution >= 4 is 16.2 Å². The molecule has 8 atom stereocenters. The van der Waals surface area contributed by atoms with Gasteiger partial charge in [-0.3, -0.25) is 9.35 Å². The molecule has 0 aliphatic heterocycles. The summed E-state index contributed by atoms with van der Waals surface area (Å²) in [4.78, 5) is 12.2. The lowest BCUT2D eigenvalue weighted by molar-refractivity contribution is -0.137. The van der Waals surface area contributed by atoms with Gasteiger partial charge in [-0.2, -0.15) is 8.42 Å². The first kappa shape index (κ1) is 22.2. The Morgan fingerprint density at radius 2 is 1.61 bits per heavy atom. The summed E-state index contributed by atoms with van der Waals surface area (Å²) in [6, 6.07) is 0. The van der Waals surface area contributed by atoms with E-state index in [0.29, 0.717) is 35.9 Å². The lowest BCUT2D eigenvalue weighted by Gasteiger charge is -2.61. The molecule has 162 valence electrons. The van der Waals surface area contributed by atoms with Crippen molar-refractivity contribution in [3.63, 3.8) is 0 Å². The number of hydrogen-bond acceptors (Lipinski definition) is 5. The first-order chi connectivity index (χ1) is 12.5. The van der Waals surface area contributed by atoms with E-state index in [1.54, 1.807) is 6.92 Å². The van der Waals surface area contributed by atoms with Crippen molar-refractivity contribution in [2.75, 3.05) is 0 Å². The van der Waals surface area contributed by atoms with Gasteiger partial charge in [-0.25, -0.2) is 4.18 Å². The lowest BCUT2D eigenvalue weighted by Crippen LogP contribution is -2.54. The van der Waals surface area contributed by atoms with E-state index in [-0.39, 0.29) is 29.0 Å². The molecule has 0 amide bonds. The van der Waals surface area contributed by atoms with Crippen LogP contribution in [0.15, 0.2) is 0 Å². The predicted molar refractivity (Wildman–Crippen MR) is 107 cm³/mol. The average Bonchev–Trinajstić information content (AvgIpc) is 2.91. The molecule has 0 aromatic carbocycles. The molecule has 4 N–H and O–H groups in total. The van der Waals surface area contributed by atoms with E-state index < -0.39 is 10.4 Å². The minimum Gasteiger partial charge on any atom is -0.344 e. The molecule has 4 saturated carbocycles. The third-order valence-corrected chi connectivity index (χ3v) is 9.88. The van der Waals surface area contributed by atoms with Gasteiger partial charge in [-0.1, -0.05) is 13.8 Å². The van der Waals surface area contributed by atoms with Crippen LogP contribution in [0.2, 0.25) is 0 Å². The standard InChI is InChI=1S/C21H34O5S.H3N/c1-13(22)17-6-7-18-16-5-4-14-12-15(26-27(23,24)25)8-10-20(14,2)19(16)9-11-21(17,18)3;/h14-19H,4-12H2,1-3H3,(H,23,24,25);1H3/t14-,15-,16-,17-,18-,19-,20+,21-;/m0./s1. The van der Waals surface area contributed by atoms with E-state index in [0.717, 1.165) is 32.1 Å². The summed E-state index contributed by atoms with van der Waals surface area (Å²) in [7, 11) is -4.37. The molecule has 0 unspecified atom stereocenters. The van der Waals surface area contributed by atoms with Crippen molar-refractivity contribution in [3.8, 4) is 0 Å². The van der Waals surface area contributed by atoms with Gasteiger partial charge in [0.25, 0.3) is 0 Å². The number of hydrogen-bond donors (Lipinski definition) is 2. The maximum absolute atomic E-state index is 12.2. The Kier molecular flexibility index (Phi) is 5.81. The summed E-state index contributed by atoms with van der Waals surface area (Å²) in [5, 5.41) is 0. The first-order valence-electron chi connectivity index (χ1n) is 10.7. The number of carbonyl (C=O) groups is 1. The summed E-state index contributed by atoms with van der Waals surface area (Å²) < 4.78 is 36.2. The number of rotatable bonds is 3. The zero-order valence-corrected chi connectivity index (χ0v) is 18.3. The van der Waals surface area contributed by atoms with Crippen LogP contribution in [-0.4, -0.2) is 24.9 Å². The zero-order chi connectivity index (χ0) is 19.6. The fraction of sp³-hybridized carbons (Fsp3) is 0.952. The fourth-order valence-electron chi connectivity index (χ4n) is 8.15. The SMILES string of the molecule is CC(=O)[C@@H]1CC[C@H]2[C@@H]3CC[C@H]4C[C@@H](OS(=O)(=O)O)CC[C@@]4(C)[C@H]3CC[C@@]12C.N. The van der Waals surface area contributed by atoms with E-state index in [9.17, 15) is 13.2 Å². The van der Waals surface area contributed by atoms with Crippen molar-refractivity contribution in [2.45, 2.75) is 84.7 Å². The Bertz CT molecular complexity index is 724. The van der Waals surface area contributed by atoms with Gasteiger partial charge in [0.15, 0.2) is 0 Å². The molecule has 4 aliphatic carbocycles. The van der Waals surface area contributed by atoms with Gasteiger partial charge in [0.05, 0.1) is 6.10 Å². The maximum Gasteiger partial charge on any atom is 0.397 e. The molecule has 4 aliphatic rings. The van der Waals surface area contributed by atoms with Gasteiger partial charge in [-0.05, 0) is 99.2 Å². The van der Waals surface area contributed by atoms with Crippen LogP contribution in [0.5, 0.6) is 0 Å². The highest BCUT2D eigenvalue weighted by molar-refractivity contribution is 7.80. The van der Waals surface area contributed by atoms with Gasteiger partial charge < -0.3 is 6.15 Å². The summed E-state index contributed by atoms with van der Waals surface area (Å²) in [5.74, 6) is 3.12. The smallest absolute Gasteiger partial charge is 0.344 e. The van der Waals surface area contributed by atoms with Crippen LogP contribution in [0.3, 0.4) is 0 Å². The molecule has 0 radical (unpaired) electrons. The Hall–Kier alpha value is -0.500. The minimum atomic E-state index is -4.37. The van der Waals surface area contributed by atoms with Crippen molar-refractivity contribution in [1.82, 2.24) is 6.15 Å². The van der Waals surface area contributed by atoms with E-state index >= 15 is 0 Å². The third-order valence-electron chi connectivity index (χ3n) is 9.37. The number of Topliss-reactive ketones (excluding diaryl/α,β-unsaturated/α-hetero) is 1. The maximum atomic E-state index is 12.2. The summed E-state index contributed by atoms with van der Waals surface area (Å²) in [6.07, 6.45) is 8.92. The van der Waals surface area contributed by atoms with E-state index in [2.05, 4.69) is 13.8 Å². The third kappa shape index (κ3) is 3.46. The van der Waals surface area contributed by atoms with Gasteiger partial charge in [0.2, 0.25) is 0 Å². The molecule has 0 saturated heterocycles. The second-order valence-electron chi connectivity index (χ2n) is 10.4. The fourth-order valence-corrected chi connectivity index (χ4v) is 8.66. The van der Waals surface area contributed by atoms with Gasteiger partial charge in [0.1, 0.15) is 5.78 Å². The van der Waals surface area contributed by atoms with Crippen molar-refractivity contribution in [2.24, 2.45) is 40.4 Å². The molecule has 6 nitrogen and oxygen atoms in total. The van der Waals surface area contributed by atoms with Crippen molar-refractivity contribution in [3.05, 3.63) is 0 Å². The number of ketones is 1. The Morgan fingerprint density at radius 3 is 2.25 bits per heavy atom. The van der Waals surface area contributed by atoms with Crippen molar-refractivity contribution in [1.29, 1.82) is 0 Å². The quantitative estimate of drug-likeness (QED) is 0.652. The van der Waals surface area contributed by atoms with Crippen LogP contribution in [-0.2, 0) is 19.4 Å². The molecule has 28 heavy (non-hydrogen) atoms. The van der Waals surface area contributed by atoms with E-state index in [1.807, 2.05) is 0 Å². The highest BCUT2D eigenvalue weighted by Crippen LogP contribution is 2.67. The van der Waals surface area contributed by atoms with Crippen LogP contribution in [0.1, 0.15) is 78.6 Å². The summed E-state index contributed by atoms with van der Waals surface area (Å²) in [6.45, 7) is 6.57. The molecule has 0 bridgehead atoms. The molecule has 7 heteroatoms. The molecular formula is C21H37NO5S. The van der Waals surface area contributed by atoms with Crippen LogP contribution in [0.4, 0.5) is 0 Å². The average molecular weight is 416 g/mol. The second kappa shape index (κ2) is 7.33. The van der Waals surface area contributed by atoms with Gasteiger partial charge >= 0.3 is 10.4 Å². The number of carbonyl (C=O) groups excluding carboxylic acids is 1. The summed E-state index contributed by atoms with van der Waals surface area (Å²) in [5.41, 5.74) is 0.416. The summed E-state index contributed by atoms with van der Waals surface area (Å²) >= 11 is 0. The van der Waals surface area contributed by atoms with Crippen molar-refractivity contribution < 1.29 is 21.9 Å². The largest absolute Gasteiger partial charge is 0.397 e. The molecule has 4 rings (SSSR count). The molecule has 4 fully saturated rings. The van der Waals surface area contributed by atoms with E-state index in [1.165, 1.54) is 19.3 Å². The molecule has 0 aromatic heterocycles. The first-order valence-corrected chi connectivity index (χ1v) is 12.1. The highest BCUT2D eigenvalue weighted by Gasteiger charge is 2.60. The van der Waals surface area contributed by atoms with Crippen LogP contribution in [0.25, 0.3) is 0 Å². The Morgan fingerprint density at radius 1 is 0.964 bits per heavy atom. The minimum absolute atomic E-state index is 0. The van der Waals surface area contributed by atoms with Gasteiger partial charge in [0, 0.05) is 5.92 Å². The topological polar surface area (TPSA) is 116 Å². The molecule has 0 spiro atoms. The van der Waals surface area contributed by atoms with E-state index in [4.69, 9.17) is 8.74 Å². The lowest BCUT2D eigenvalue weighted by atomic mass is 9.44. The highest BCUT2D eigenvalue weighted by atomic mass is 32.3. The predicted octanol–water partition coefficient (Wildman–Crippen LogP) is 4.58. The van der Waals surface area contributed by atoms with Crippen LogP contribution < -0.4 is 6.15 Å². The molecule has 0 aromatic rings. The second-order valence-corrected chi connectivity index (χ2v) is 11.4. The van der Waals surface area contributed by atoms with Crippen LogP contribution >= 0.6 is 0 Å². The Balaban J connectivity index is 0.00000225. The number of fused-ring (bicyclic) bond motifs is 5. The Labute approximate surface area is 169 Å². The monoisotopic (exact) mass is 415 g/mol. The van der Waals surface area contributed by atoms with Gasteiger partial charge in [-0.15, -0.1) is 0 Å². The molecular weight excluding hydrogens is 378 g/mol. The molecule has 0 heterocycles. The van der Waals surface area contributed by atoms with Crippen LogP contribution in [0, 0.1) is 40.4 Å². The zero-order valence-electron chi connectivity index (χ0n) is 17.5. The normalized spacial score (nSPS) is 48.0.